The molecule has 0 spiro atoms. The minimum absolute atomic E-state index is 0.0397. The van der Waals surface area contributed by atoms with Gasteiger partial charge in [0.05, 0.1) is 9.77 Å². The second kappa shape index (κ2) is 5.22. The van der Waals surface area contributed by atoms with Crippen molar-refractivity contribution in [2.24, 2.45) is 17.0 Å². The lowest BCUT2D eigenvalue weighted by Crippen LogP contribution is -2.28. The van der Waals surface area contributed by atoms with Crippen molar-refractivity contribution in [3.05, 3.63) is 15.8 Å². The number of carbonyl (C=O) groups is 1. The predicted octanol–water partition coefficient (Wildman–Crippen LogP) is 1.48. The van der Waals surface area contributed by atoms with Crippen LogP contribution in [0.4, 0.5) is 0 Å². The van der Waals surface area contributed by atoms with Gasteiger partial charge in [-0.15, -0.1) is 11.3 Å². The standard InChI is InChI=1S/C12H18N2O3S2/c1-7(9-3-4-9)6-14-12(15)10-5-11(8(2)18-10)19(13,16)17/h5,7,9H,3-4,6H2,1-2H3,(H,14,15)(H2,13,16,17). The first-order chi connectivity index (χ1) is 8.79. The highest BCUT2D eigenvalue weighted by atomic mass is 32.2. The van der Waals surface area contributed by atoms with Gasteiger partial charge in [-0.1, -0.05) is 6.92 Å². The molecule has 0 radical (unpaired) electrons. The third-order valence-electron chi connectivity index (χ3n) is 3.41. The molecule has 7 heteroatoms. The second-order valence-corrected chi connectivity index (χ2v) is 7.89. The number of amides is 1. The van der Waals surface area contributed by atoms with Crippen LogP contribution in [-0.2, 0) is 10.0 Å². The van der Waals surface area contributed by atoms with Crippen molar-refractivity contribution in [1.29, 1.82) is 0 Å². The summed E-state index contributed by atoms with van der Waals surface area (Å²) in [6, 6.07) is 1.35. The Balaban J connectivity index is 2.03. The fourth-order valence-electron chi connectivity index (χ4n) is 2.03. The maximum absolute atomic E-state index is 11.9. The number of aryl methyl sites for hydroxylation is 1. The minimum atomic E-state index is -3.75. The van der Waals surface area contributed by atoms with E-state index in [4.69, 9.17) is 5.14 Å². The summed E-state index contributed by atoms with van der Waals surface area (Å²) < 4.78 is 22.6. The van der Waals surface area contributed by atoms with E-state index in [2.05, 4.69) is 12.2 Å². The molecule has 1 aromatic rings. The molecule has 0 aromatic carbocycles. The maximum atomic E-state index is 11.9. The van der Waals surface area contributed by atoms with Gasteiger partial charge in [0.15, 0.2) is 0 Å². The zero-order chi connectivity index (χ0) is 14.2. The van der Waals surface area contributed by atoms with Gasteiger partial charge in [-0.2, -0.15) is 0 Å². The van der Waals surface area contributed by atoms with E-state index in [1.807, 2.05) is 0 Å². The van der Waals surface area contributed by atoms with E-state index in [1.54, 1.807) is 6.92 Å². The van der Waals surface area contributed by atoms with E-state index in [0.29, 0.717) is 22.2 Å². The quantitative estimate of drug-likeness (QED) is 0.863. The van der Waals surface area contributed by atoms with Crippen molar-refractivity contribution >= 4 is 27.3 Å². The molecule has 1 saturated carbocycles. The number of primary sulfonamides is 1. The van der Waals surface area contributed by atoms with E-state index >= 15 is 0 Å². The summed E-state index contributed by atoms with van der Waals surface area (Å²) in [5, 5.41) is 7.94. The van der Waals surface area contributed by atoms with Crippen molar-refractivity contribution in [3.8, 4) is 0 Å². The average Bonchev–Trinajstić information content (AvgIpc) is 3.07. The van der Waals surface area contributed by atoms with Gasteiger partial charge in [0, 0.05) is 11.4 Å². The summed E-state index contributed by atoms with van der Waals surface area (Å²) in [7, 11) is -3.75. The summed E-state index contributed by atoms with van der Waals surface area (Å²) >= 11 is 1.15. The first-order valence-corrected chi connectivity index (χ1v) is 8.56. The van der Waals surface area contributed by atoms with Crippen molar-refractivity contribution < 1.29 is 13.2 Å². The van der Waals surface area contributed by atoms with E-state index in [1.165, 1.54) is 18.9 Å². The molecule has 19 heavy (non-hydrogen) atoms. The van der Waals surface area contributed by atoms with Gasteiger partial charge in [-0.05, 0) is 37.7 Å². The highest BCUT2D eigenvalue weighted by Crippen LogP contribution is 2.36. The van der Waals surface area contributed by atoms with E-state index in [9.17, 15) is 13.2 Å². The van der Waals surface area contributed by atoms with Crippen LogP contribution >= 0.6 is 11.3 Å². The molecular formula is C12H18N2O3S2. The molecule has 0 aliphatic heterocycles. The number of thiophene rings is 1. The second-order valence-electron chi connectivity index (χ2n) is 5.10. The Kier molecular flexibility index (Phi) is 3.98. The third kappa shape index (κ3) is 3.55. The average molecular weight is 302 g/mol. The SMILES string of the molecule is Cc1sc(C(=O)NCC(C)C2CC2)cc1S(N)(=O)=O. The summed E-state index contributed by atoms with van der Waals surface area (Å²) in [4.78, 5) is 12.9. The highest BCUT2D eigenvalue weighted by molar-refractivity contribution is 7.89. The van der Waals surface area contributed by atoms with E-state index in [0.717, 1.165) is 17.3 Å². The summed E-state index contributed by atoms with van der Waals surface area (Å²) in [6.07, 6.45) is 2.48. The fourth-order valence-corrected chi connectivity index (χ4v) is 4.09. The van der Waals surface area contributed by atoms with Crippen LogP contribution in [0.3, 0.4) is 0 Å². The van der Waals surface area contributed by atoms with Gasteiger partial charge in [0.2, 0.25) is 10.0 Å². The van der Waals surface area contributed by atoms with Crippen LogP contribution in [-0.4, -0.2) is 20.9 Å². The number of hydrogen-bond donors (Lipinski definition) is 2. The summed E-state index contributed by atoms with van der Waals surface area (Å²) in [5.74, 6) is 0.976. The van der Waals surface area contributed by atoms with E-state index < -0.39 is 10.0 Å². The number of nitrogens with two attached hydrogens (primary N) is 1. The lowest BCUT2D eigenvalue weighted by atomic mass is 10.1. The zero-order valence-electron chi connectivity index (χ0n) is 11.0. The van der Waals surface area contributed by atoms with Crippen LogP contribution in [0, 0.1) is 18.8 Å². The van der Waals surface area contributed by atoms with Crippen LogP contribution in [0.1, 0.15) is 34.3 Å². The molecule has 2 rings (SSSR count). The van der Waals surface area contributed by atoms with Crippen LogP contribution in [0.5, 0.6) is 0 Å². The van der Waals surface area contributed by atoms with Crippen LogP contribution < -0.4 is 10.5 Å². The molecule has 1 aliphatic carbocycles. The molecular weight excluding hydrogens is 284 g/mol. The number of nitrogens with one attached hydrogen (secondary N) is 1. The van der Waals surface area contributed by atoms with Crippen molar-refractivity contribution in [2.75, 3.05) is 6.54 Å². The van der Waals surface area contributed by atoms with Gasteiger partial charge in [-0.25, -0.2) is 13.6 Å². The number of hydrogen-bond acceptors (Lipinski definition) is 4. The lowest BCUT2D eigenvalue weighted by molar-refractivity contribution is 0.0950. The Bertz CT molecular complexity index is 588. The Morgan fingerprint density at radius 1 is 1.58 bits per heavy atom. The van der Waals surface area contributed by atoms with Crippen LogP contribution in [0.15, 0.2) is 11.0 Å². The normalized spacial score (nSPS) is 17.2. The molecule has 1 amide bonds. The Hall–Kier alpha value is -0.920. The first kappa shape index (κ1) is 14.5. The lowest BCUT2D eigenvalue weighted by Gasteiger charge is -2.10. The number of sulfonamides is 1. The minimum Gasteiger partial charge on any atom is -0.351 e. The van der Waals surface area contributed by atoms with Gasteiger partial charge in [0.1, 0.15) is 0 Å². The van der Waals surface area contributed by atoms with Gasteiger partial charge >= 0.3 is 0 Å². The Morgan fingerprint density at radius 2 is 2.21 bits per heavy atom. The van der Waals surface area contributed by atoms with E-state index in [-0.39, 0.29) is 10.8 Å². The Labute approximate surface area is 117 Å². The van der Waals surface area contributed by atoms with Crippen molar-refractivity contribution in [3.63, 3.8) is 0 Å². The molecule has 1 aliphatic rings. The zero-order valence-corrected chi connectivity index (χ0v) is 12.6. The molecule has 106 valence electrons. The van der Waals surface area contributed by atoms with Gasteiger partial charge in [-0.3, -0.25) is 4.79 Å². The number of carbonyl (C=O) groups excluding carboxylic acids is 1. The molecule has 0 saturated heterocycles. The summed E-state index contributed by atoms with van der Waals surface area (Å²) in [5.41, 5.74) is 0. The van der Waals surface area contributed by atoms with Crippen molar-refractivity contribution in [2.45, 2.75) is 31.6 Å². The molecule has 1 fully saturated rings. The molecule has 5 nitrogen and oxygen atoms in total. The van der Waals surface area contributed by atoms with Crippen LogP contribution in [0.2, 0.25) is 0 Å². The van der Waals surface area contributed by atoms with Crippen molar-refractivity contribution in [1.82, 2.24) is 5.32 Å². The highest BCUT2D eigenvalue weighted by Gasteiger charge is 2.28. The molecule has 0 bridgehead atoms. The predicted molar refractivity (Wildman–Crippen MR) is 74.7 cm³/mol. The topological polar surface area (TPSA) is 89.3 Å². The number of rotatable bonds is 5. The monoisotopic (exact) mass is 302 g/mol. The Morgan fingerprint density at radius 3 is 2.68 bits per heavy atom. The molecule has 1 heterocycles. The fraction of sp³-hybridized carbons (Fsp3) is 0.583. The van der Waals surface area contributed by atoms with Gasteiger partial charge in [0.25, 0.3) is 5.91 Å². The molecule has 3 N–H and O–H groups in total. The summed E-state index contributed by atoms with van der Waals surface area (Å²) in [6.45, 7) is 4.40. The first-order valence-electron chi connectivity index (χ1n) is 6.20. The smallest absolute Gasteiger partial charge is 0.261 e. The molecule has 1 atom stereocenters. The molecule has 1 unspecified atom stereocenters. The third-order valence-corrected chi connectivity index (χ3v) is 5.63. The largest absolute Gasteiger partial charge is 0.351 e. The van der Waals surface area contributed by atoms with Crippen LogP contribution in [0.25, 0.3) is 0 Å². The maximum Gasteiger partial charge on any atom is 0.261 e. The molecule has 1 aromatic heterocycles. The van der Waals surface area contributed by atoms with Gasteiger partial charge < -0.3 is 5.32 Å².